The van der Waals surface area contributed by atoms with Crippen molar-refractivity contribution in [3.8, 4) is 0 Å². The van der Waals surface area contributed by atoms with Gasteiger partial charge in [-0.15, -0.1) is 0 Å². The first-order valence-electron chi connectivity index (χ1n) is 9.17. The lowest BCUT2D eigenvalue weighted by Crippen LogP contribution is -2.37. The minimum absolute atomic E-state index is 0.176. The number of aryl methyl sites for hydroxylation is 3. The normalized spacial score (nSPS) is 12.4. The maximum atomic E-state index is 13.0. The molecule has 0 bridgehead atoms. The highest BCUT2D eigenvalue weighted by Gasteiger charge is 2.32. The predicted molar refractivity (Wildman–Crippen MR) is 105 cm³/mol. The minimum Gasteiger partial charge on any atom is -0.351 e. The van der Waals surface area contributed by atoms with Crippen LogP contribution in [0.3, 0.4) is 0 Å². The second-order valence-electron chi connectivity index (χ2n) is 7.86. The van der Waals surface area contributed by atoms with Crippen molar-refractivity contribution in [2.75, 3.05) is 6.54 Å². The molecule has 1 aromatic carbocycles. The van der Waals surface area contributed by atoms with E-state index in [9.17, 15) is 18.0 Å². The van der Waals surface area contributed by atoms with Gasteiger partial charge >= 0.3 is 6.18 Å². The van der Waals surface area contributed by atoms with Gasteiger partial charge in [0.1, 0.15) is 0 Å². The van der Waals surface area contributed by atoms with Gasteiger partial charge in [0.05, 0.1) is 22.2 Å². The highest BCUT2D eigenvalue weighted by Crippen LogP contribution is 2.32. The van der Waals surface area contributed by atoms with Gasteiger partial charge in [-0.1, -0.05) is 32.0 Å². The number of nitrogens with zero attached hydrogens (tertiary/aromatic N) is 3. The van der Waals surface area contributed by atoms with E-state index in [1.807, 2.05) is 6.92 Å². The number of pyridine rings is 1. The summed E-state index contributed by atoms with van der Waals surface area (Å²) >= 11 is 0. The number of alkyl halides is 3. The Morgan fingerprint density at radius 2 is 1.79 bits per heavy atom. The van der Waals surface area contributed by atoms with Crippen LogP contribution >= 0.6 is 0 Å². The zero-order valence-electron chi connectivity index (χ0n) is 17.0. The van der Waals surface area contributed by atoms with Gasteiger partial charge in [0.2, 0.25) is 0 Å². The van der Waals surface area contributed by atoms with Crippen LogP contribution in [0.1, 0.15) is 46.7 Å². The van der Waals surface area contributed by atoms with E-state index < -0.39 is 17.2 Å². The van der Waals surface area contributed by atoms with Crippen molar-refractivity contribution in [2.24, 2.45) is 7.05 Å². The molecule has 0 radical (unpaired) electrons. The van der Waals surface area contributed by atoms with Gasteiger partial charge < -0.3 is 5.32 Å². The Kier molecular flexibility index (Phi) is 5.15. The summed E-state index contributed by atoms with van der Waals surface area (Å²) < 4.78 is 40.7. The van der Waals surface area contributed by atoms with Crippen molar-refractivity contribution >= 4 is 16.9 Å². The Labute approximate surface area is 166 Å². The first kappa shape index (κ1) is 20.8. The number of benzene rings is 1. The third-order valence-corrected chi connectivity index (χ3v) is 5.00. The predicted octanol–water partition coefficient (Wildman–Crippen LogP) is 4.31. The van der Waals surface area contributed by atoms with Crippen molar-refractivity contribution in [3.05, 3.63) is 58.4 Å². The molecule has 0 atom stereocenters. The fourth-order valence-corrected chi connectivity index (χ4v) is 3.36. The van der Waals surface area contributed by atoms with Gasteiger partial charge in [-0.3, -0.25) is 9.48 Å². The molecule has 5 nitrogen and oxygen atoms in total. The Bertz CT molecular complexity index is 1080. The van der Waals surface area contributed by atoms with Crippen molar-refractivity contribution in [1.29, 1.82) is 0 Å². The van der Waals surface area contributed by atoms with Gasteiger partial charge in [0, 0.05) is 24.7 Å². The number of carbonyl (C=O) groups is 1. The zero-order chi connectivity index (χ0) is 21.6. The molecule has 8 heteroatoms. The molecule has 3 aromatic rings. The lowest BCUT2D eigenvalue weighted by Gasteiger charge is -2.26. The van der Waals surface area contributed by atoms with Crippen LogP contribution in [0.15, 0.2) is 30.3 Å². The summed E-state index contributed by atoms with van der Waals surface area (Å²) in [6, 6.07) is 6.90. The quantitative estimate of drug-likeness (QED) is 0.705. The molecule has 0 saturated carbocycles. The molecule has 0 fully saturated rings. The molecule has 154 valence electrons. The number of carbonyl (C=O) groups excluding carboxylic acids is 1. The van der Waals surface area contributed by atoms with Gasteiger partial charge in [0.25, 0.3) is 5.91 Å². The lowest BCUT2D eigenvalue weighted by atomic mass is 9.83. The molecule has 2 heterocycles. The average molecular weight is 404 g/mol. The van der Waals surface area contributed by atoms with Crippen LogP contribution in [0.25, 0.3) is 11.0 Å². The Morgan fingerprint density at radius 1 is 1.14 bits per heavy atom. The molecule has 0 aliphatic rings. The Balaban J connectivity index is 1.87. The molecule has 1 N–H and O–H groups in total. The van der Waals surface area contributed by atoms with Crippen molar-refractivity contribution in [1.82, 2.24) is 20.1 Å². The number of aromatic nitrogens is 3. The molecule has 2 aromatic heterocycles. The number of hydrogen-bond donors (Lipinski definition) is 1. The van der Waals surface area contributed by atoms with Crippen molar-refractivity contribution in [3.63, 3.8) is 0 Å². The maximum absolute atomic E-state index is 13.0. The van der Waals surface area contributed by atoms with E-state index in [2.05, 4.69) is 15.4 Å². The standard InChI is InChI=1S/C21H23F3N4O/c1-12-9-16(17-13(2)27-28(5)18(17)26-12)19(29)25-11-20(3,4)14-7-6-8-15(10-14)21(22,23)24/h6-10H,11H2,1-5H3,(H,25,29). The monoisotopic (exact) mass is 404 g/mol. The molecule has 0 spiro atoms. The van der Waals surface area contributed by atoms with Crippen LogP contribution in [0.5, 0.6) is 0 Å². The summed E-state index contributed by atoms with van der Waals surface area (Å²) in [6.07, 6.45) is -4.41. The van der Waals surface area contributed by atoms with Crippen LogP contribution in [-0.2, 0) is 18.6 Å². The summed E-state index contributed by atoms with van der Waals surface area (Å²) in [5.41, 5.74) is 1.55. The number of hydrogen-bond acceptors (Lipinski definition) is 3. The summed E-state index contributed by atoms with van der Waals surface area (Å²) in [5.74, 6) is -0.309. The third-order valence-electron chi connectivity index (χ3n) is 5.00. The fraction of sp³-hybridized carbons (Fsp3) is 0.381. The van der Waals surface area contributed by atoms with Gasteiger partial charge in [-0.25, -0.2) is 4.98 Å². The maximum Gasteiger partial charge on any atom is 0.416 e. The van der Waals surface area contributed by atoms with Crippen LogP contribution < -0.4 is 5.32 Å². The second kappa shape index (κ2) is 7.17. The smallest absolute Gasteiger partial charge is 0.351 e. The van der Waals surface area contributed by atoms with Crippen LogP contribution in [0, 0.1) is 13.8 Å². The fourth-order valence-electron chi connectivity index (χ4n) is 3.36. The van der Waals surface area contributed by atoms with E-state index >= 15 is 0 Å². The molecule has 1 amide bonds. The van der Waals surface area contributed by atoms with Gasteiger partial charge in [-0.2, -0.15) is 18.3 Å². The van der Waals surface area contributed by atoms with Gasteiger partial charge in [-0.05, 0) is 31.5 Å². The largest absolute Gasteiger partial charge is 0.416 e. The number of rotatable bonds is 4. The van der Waals surface area contributed by atoms with E-state index in [0.717, 1.165) is 12.1 Å². The molecule has 29 heavy (non-hydrogen) atoms. The van der Waals surface area contributed by atoms with Gasteiger partial charge in [0.15, 0.2) is 5.65 Å². The van der Waals surface area contributed by atoms with Crippen molar-refractivity contribution < 1.29 is 18.0 Å². The first-order chi connectivity index (χ1) is 13.4. The zero-order valence-corrected chi connectivity index (χ0v) is 17.0. The number of amides is 1. The van der Waals surface area contributed by atoms with E-state index in [0.29, 0.717) is 33.5 Å². The Morgan fingerprint density at radius 3 is 2.45 bits per heavy atom. The summed E-state index contributed by atoms with van der Waals surface area (Å²) in [5, 5.41) is 7.87. The minimum atomic E-state index is -4.41. The SMILES string of the molecule is Cc1cc(C(=O)NCC(C)(C)c2cccc(C(F)(F)F)c2)c2c(C)nn(C)c2n1. The molecule has 0 saturated heterocycles. The van der Waals surface area contributed by atoms with Crippen LogP contribution in [-0.4, -0.2) is 27.2 Å². The molecular weight excluding hydrogens is 381 g/mol. The molecule has 0 aliphatic carbocycles. The molecule has 0 aliphatic heterocycles. The van der Waals surface area contributed by atoms with E-state index in [4.69, 9.17) is 0 Å². The Hall–Kier alpha value is -2.90. The van der Waals surface area contributed by atoms with E-state index in [-0.39, 0.29) is 12.5 Å². The van der Waals surface area contributed by atoms with Crippen molar-refractivity contribution in [2.45, 2.75) is 39.3 Å². The molecule has 0 unspecified atom stereocenters. The topological polar surface area (TPSA) is 59.8 Å². The summed E-state index contributed by atoms with van der Waals surface area (Å²) in [4.78, 5) is 17.4. The third kappa shape index (κ3) is 4.11. The summed E-state index contributed by atoms with van der Waals surface area (Å²) in [6.45, 7) is 7.38. The number of nitrogens with one attached hydrogen (secondary N) is 1. The summed E-state index contributed by atoms with van der Waals surface area (Å²) in [7, 11) is 1.76. The van der Waals surface area contributed by atoms with Crippen LogP contribution in [0.4, 0.5) is 13.2 Å². The first-order valence-corrected chi connectivity index (χ1v) is 9.17. The highest BCUT2D eigenvalue weighted by atomic mass is 19.4. The highest BCUT2D eigenvalue weighted by molar-refractivity contribution is 6.06. The average Bonchev–Trinajstić information content (AvgIpc) is 2.92. The molecule has 3 rings (SSSR count). The van der Waals surface area contributed by atoms with E-state index in [1.54, 1.807) is 44.6 Å². The molecular formula is C21H23F3N4O. The lowest BCUT2D eigenvalue weighted by molar-refractivity contribution is -0.137. The van der Waals surface area contributed by atoms with Crippen LogP contribution in [0.2, 0.25) is 0 Å². The second-order valence-corrected chi connectivity index (χ2v) is 7.86. The van der Waals surface area contributed by atoms with E-state index in [1.165, 1.54) is 6.07 Å². The number of fused-ring (bicyclic) bond motifs is 1. The number of halogens is 3.